The summed E-state index contributed by atoms with van der Waals surface area (Å²) in [5, 5.41) is 0. The summed E-state index contributed by atoms with van der Waals surface area (Å²) in [6.45, 7) is 1.80. The molecule has 1 aromatic carbocycles. The maximum absolute atomic E-state index is 11.4. The second-order valence-corrected chi connectivity index (χ2v) is 5.34. The summed E-state index contributed by atoms with van der Waals surface area (Å²) < 4.78 is 0. The van der Waals surface area contributed by atoms with Crippen LogP contribution in [0, 0.1) is 0 Å². The zero-order chi connectivity index (χ0) is 14.8. The van der Waals surface area contributed by atoms with Gasteiger partial charge in [-0.15, -0.1) is 0 Å². The highest BCUT2D eigenvalue weighted by Gasteiger charge is 2.25. The number of pyridine rings is 1. The molecular weight excluding hydrogens is 264 g/mol. The van der Waals surface area contributed by atoms with Crippen molar-refractivity contribution in [2.24, 2.45) is 5.73 Å². The lowest BCUT2D eigenvalue weighted by molar-refractivity contribution is 0.100. The molecule has 21 heavy (non-hydrogen) atoms. The van der Waals surface area contributed by atoms with Gasteiger partial charge in [0.15, 0.2) is 0 Å². The van der Waals surface area contributed by atoms with Gasteiger partial charge in [-0.1, -0.05) is 30.3 Å². The Hall–Kier alpha value is -2.56. The third-order valence-electron chi connectivity index (χ3n) is 3.97. The number of nitrogens with zero attached hydrogens (tertiary/aromatic N) is 2. The van der Waals surface area contributed by atoms with Crippen LogP contribution in [0.25, 0.3) is 0 Å². The highest BCUT2D eigenvalue weighted by molar-refractivity contribution is 5.98. The van der Waals surface area contributed by atoms with Crippen LogP contribution in [-0.4, -0.2) is 24.0 Å². The maximum atomic E-state index is 11.4. The highest BCUT2D eigenvalue weighted by atomic mass is 16.1. The van der Waals surface area contributed by atoms with E-state index in [4.69, 9.17) is 11.5 Å². The van der Waals surface area contributed by atoms with E-state index in [1.165, 1.54) is 11.8 Å². The number of hydrogen-bond donors (Lipinski definition) is 2. The topological polar surface area (TPSA) is 85.2 Å². The minimum absolute atomic E-state index is 0.324. The fourth-order valence-corrected chi connectivity index (χ4v) is 2.81. The molecule has 1 aromatic heterocycles. The molecule has 0 bridgehead atoms. The van der Waals surface area contributed by atoms with Crippen molar-refractivity contribution >= 4 is 17.4 Å². The van der Waals surface area contributed by atoms with Gasteiger partial charge in [0.2, 0.25) is 0 Å². The molecule has 2 heterocycles. The molecule has 5 nitrogen and oxygen atoms in total. The van der Waals surface area contributed by atoms with Crippen LogP contribution >= 0.6 is 0 Å². The molecule has 1 fully saturated rings. The SMILES string of the molecule is NC(=O)c1cc(N2CCC(c3ccccc3)C2)ncc1N. The summed E-state index contributed by atoms with van der Waals surface area (Å²) >= 11 is 0. The largest absolute Gasteiger partial charge is 0.397 e. The number of primary amides is 1. The van der Waals surface area contributed by atoms with Crippen LogP contribution in [0.4, 0.5) is 11.5 Å². The molecule has 1 aliphatic heterocycles. The molecular formula is C16H18N4O. The Kier molecular flexibility index (Phi) is 3.48. The molecule has 5 heteroatoms. The van der Waals surface area contributed by atoms with E-state index in [-0.39, 0.29) is 0 Å². The van der Waals surface area contributed by atoms with E-state index < -0.39 is 5.91 Å². The van der Waals surface area contributed by atoms with Crippen LogP contribution in [0.15, 0.2) is 42.6 Å². The Balaban J connectivity index is 1.80. The minimum atomic E-state index is -0.519. The Morgan fingerprint density at radius 2 is 2.05 bits per heavy atom. The number of amides is 1. The first-order valence-corrected chi connectivity index (χ1v) is 7.00. The van der Waals surface area contributed by atoms with Crippen LogP contribution < -0.4 is 16.4 Å². The van der Waals surface area contributed by atoms with Gasteiger partial charge in [0.05, 0.1) is 17.4 Å². The van der Waals surface area contributed by atoms with E-state index in [9.17, 15) is 4.79 Å². The van der Waals surface area contributed by atoms with Gasteiger partial charge in [0, 0.05) is 19.0 Å². The monoisotopic (exact) mass is 282 g/mol. The normalized spacial score (nSPS) is 17.9. The summed E-state index contributed by atoms with van der Waals surface area (Å²) in [5.74, 6) is 0.731. The van der Waals surface area contributed by atoms with Gasteiger partial charge in [0.1, 0.15) is 5.82 Å². The Morgan fingerprint density at radius 3 is 2.76 bits per heavy atom. The Morgan fingerprint density at radius 1 is 1.29 bits per heavy atom. The molecule has 1 atom stereocenters. The number of aromatic nitrogens is 1. The second kappa shape index (κ2) is 5.44. The first-order valence-electron chi connectivity index (χ1n) is 7.00. The third kappa shape index (κ3) is 2.67. The highest BCUT2D eigenvalue weighted by Crippen LogP contribution is 2.30. The minimum Gasteiger partial charge on any atom is -0.397 e. The summed E-state index contributed by atoms with van der Waals surface area (Å²) in [5.41, 5.74) is 13.1. The Bertz CT molecular complexity index is 657. The first kappa shape index (κ1) is 13.4. The number of nitrogen functional groups attached to an aromatic ring is 1. The van der Waals surface area contributed by atoms with Gasteiger partial charge in [0.25, 0.3) is 5.91 Å². The van der Waals surface area contributed by atoms with Crippen molar-refractivity contribution in [2.45, 2.75) is 12.3 Å². The zero-order valence-electron chi connectivity index (χ0n) is 11.7. The van der Waals surface area contributed by atoms with Gasteiger partial charge in [-0.2, -0.15) is 0 Å². The van der Waals surface area contributed by atoms with Gasteiger partial charge >= 0.3 is 0 Å². The molecule has 1 amide bonds. The number of benzene rings is 1. The van der Waals surface area contributed by atoms with E-state index in [2.05, 4.69) is 34.1 Å². The fourth-order valence-electron chi connectivity index (χ4n) is 2.81. The number of rotatable bonds is 3. The summed E-state index contributed by atoms with van der Waals surface area (Å²) in [7, 11) is 0. The first-order chi connectivity index (χ1) is 10.1. The lowest BCUT2D eigenvalue weighted by Crippen LogP contribution is -2.22. The van der Waals surface area contributed by atoms with Gasteiger partial charge in [-0.25, -0.2) is 4.98 Å². The fraction of sp³-hybridized carbons (Fsp3) is 0.250. The smallest absolute Gasteiger partial charge is 0.250 e. The van der Waals surface area contributed by atoms with E-state index in [1.54, 1.807) is 6.07 Å². The molecule has 3 rings (SSSR count). The number of carbonyl (C=O) groups excluding carboxylic acids is 1. The summed E-state index contributed by atoms with van der Waals surface area (Å²) in [6, 6.07) is 12.1. The van der Waals surface area contributed by atoms with E-state index in [1.807, 2.05) is 6.07 Å². The van der Waals surface area contributed by atoms with Crippen LogP contribution in [0.2, 0.25) is 0 Å². The molecule has 0 spiro atoms. The van der Waals surface area contributed by atoms with Crippen molar-refractivity contribution in [3.8, 4) is 0 Å². The molecule has 2 aromatic rings. The van der Waals surface area contributed by atoms with Gasteiger partial charge in [-0.3, -0.25) is 4.79 Å². The summed E-state index contributed by atoms with van der Waals surface area (Å²) in [6.07, 6.45) is 2.58. The van der Waals surface area contributed by atoms with E-state index >= 15 is 0 Å². The third-order valence-corrected chi connectivity index (χ3v) is 3.97. The Labute approximate surface area is 123 Å². The zero-order valence-corrected chi connectivity index (χ0v) is 11.7. The van der Waals surface area contributed by atoms with Crippen molar-refractivity contribution in [3.63, 3.8) is 0 Å². The maximum Gasteiger partial charge on any atom is 0.250 e. The number of nitrogens with two attached hydrogens (primary N) is 2. The average molecular weight is 282 g/mol. The molecule has 0 aliphatic carbocycles. The van der Waals surface area contributed by atoms with Crippen molar-refractivity contribution in [3.05, 3.63) is 53.7 Å². The van der Waals surface area contributed by atoms with Crippen molar-refractivity contribution < 1.29 is 4.79 Å². The van der Waals surface area contributed by atoms with Crippen LogP contribution in [0.3, 0.4) is 0 Å². The second-order valence-electron chi connectivity index (χ2n) is 5.34. The molecule has 1 unspecified atom stereocenters. The summed E-state index contributed by atoms with van der Waals surface area (Å²) in [4.78, 5) is 17.9. The quantitative estimate of drug-likeness (QED) is 0.898. The number of anilines is 2. The van der Waals surface area contributed by atoms with Gasteiger partial charge < -0.3 is 16.4 Å². The lowest BCUT2D eigenvalue weighted by Gasteiger charge is -2.18. The van der Waals surface area contributed by atoms with Crippen LogP contribution in [0.5, 0.6) is 0 Å². The van der Waals surface area contributed by atoms with Gasteiger partial charge in [-0.05, 0) is 18.1 Å². The lowest BCUT2D eigenvalue weighted by atomic mass is 9.99. The van der Waals surface area contributed by atoms with Crippen LogP contribution in [0.1, 0.15) is 28.3 Å². The molecule has 1 saturated heterocycles. The predicted molar refractivity (Wildman–Crippen MR) is 83.2 cm³/mol. The molecule has 0 radical (unpaired) electrons. The standard InChI is InChI=1S/C16H18N4O/c17-14-9-19-15(8-13(14)16(18)21)20-7-6-12(10-20)11-4-2-1-3-5-11/h1-5,8-9,12H,6-7,10,17H2,(H2,18,21). The molecule has 1 aliphatic rings. The van der Waals surface area contributed by atoms with Crippen molar-refractivity contribution in [1.82, 2.24) is 4.98 Å². The average Bonchev–Trinajstić information content (AvgIpc) is 2.98. The van der Waals surface area contributed by atoms with E-state index in [0.29, 0.717) is 17.2 Å². The number of carbonyl (C=O) groups is 1. The molecule has 4 N–H and O–H groups in total. The molecule has 0 saturated carbocycles. The number of hydrogen-bond acceptors (Lipinski definition) is 4. The molecule has 108 valence electrons. The van der Waals surface area contributed by atoms with Crippen LogP contribution in [-0.2, 0) is 0 Å². The van der Waals surface area contributed by atoms with Crippen molar-refractivity contribution in [2.75, 3.05) is 23.7 Å². The van der Waals surface area contributed by atoms with Crippen molar-refractivity contribution in [1.29, 1.82) is 0 Å². The predicted octanol–water partition coefficient (Wildman–Crippen LogP) is 1.76. The van der Waals surface area contributed by atoms with E-state index in [0.717, 1.165) is 25.3 Å².